The van der Waals surface area contributed by atoms with Crippen LogP contribution in [0, 0.1) is 29.1 Å². The van der Waals surface area contributed by atoms with Gasteiger partial charge in [0.15, 0.2) is 11.4 Å². The quantitative estimate of drug-likeness (QED) is 0.176. The third-order valence-corrected chi connectivity index (χ3v) is 15.0. The van der Waals surface area contributed by atoms with Crippen molar-refractivity contribution in [3.63, 3.8) is 0 Å². The van der Waals surface area contributed by atoms with Gasteiger partial charge in [0.1, 0.15) is 17.5 Å². The number of pyridine rings is 1. The number of benzene rings is 1. The number of nitrogens with zero attached hydrogens (tertiary/aromatic N) is 2. The highest BCUT2D eigenvalue weighted by Gasteiger charge is 2.63. The lowest BCUT2D eigenvalue weighted by atomic mass is 9.82. The molecule has 2 saturated carbocycles. The highest BCUT2D eigenvalue weighted by Crippen LogP contribution is 2.58. The fourth-order valence-corrected chi connectivity index (χ4v) is 9.89. The molecular weight excluding hydrogens is 792 g/mol. The van der Waals surface area contributed by atoms with Crippen LogP contribution in [0.3, 0.4) is 0 Å². The Morgan fingerprint density at radius 1 is 1.08 bits per heavy atom. The van der Waals surface area contributed by atoms with Crippen LogP contribution in [0.25, 0.3) is 10.8 Å². The van der Waals surface area contributed by atoms with E-state index in [2.05, 4.69) is 9.71 Å². The molecule has 3 heterocycles. The normalized spacial score (nSPS) is 29.3. The van der Waals surface area contributed by atoms with Crippen molar-refractivity contribution in [3.05, 3.63) is 42.5 Å². The molecule has 1 aromatic carbocycles. The summed E-state index contributed by atoms with van der Waals surface area (Å²) in [5.74, 6) is -7.83. The van der Waals surface area contributed by atoms with E-state index in [9.17, 15) is 40.8 Å². The minimum absolute atomic E-state index is 0.0298. The third kappa shape index (κ3) is 9.26. The van der Waals surface area contributed by atoms with Gasteiger partial charge in [-0.2, -0.15) is 4.98 Å². The first-order chi connectivity index (χ1) is 27.7. The summed E-state index contributed by atoms with van der Waals surface area (Å²) in [6.45, 7) is 7.55. The van der Waals surface area contributed by atoms with Crippen LogP contribution in [-0.2, 0) is 33.9 Å². The first-order valence-corrected chi connectivity index (χ1v) is 22.1. The Morgan fingerprint density at radius 2 is 1.80 bits per heavy atom. The Bertz CT molecular complexity index is 2090. The molecule has 0 spiro atoms. The first kappa shape index (κ1) is 44.3. The molecule has 2 amide bonds. The van der Waals surface area contributed by atoms with Gasteiger partial charge in [-0.1, -0.05) is 44.2 Å². The molecule has 7 atom stereocenters. The molecule has 2 aromatic rings. The van der Waals surface area contributed by atoms with Crippen molar-refractivity contribution < 1.29 is 55.0 Å². The molecule has 2 aliphatic heterocycles. The number of allylic oxidation sites excluding steroid dienone is 2. The highest BCUT2D eigenvalue weighted by atomic mass is 32.2. The monoisotopic (exact) mass is 847 g/mol. The Hall–Kier alpha value is -4.21. The number of hydrogen-bond donors (Lipinski definition) is 1. The average Bonchev–Trinajstić information content (AvgIpc) is 4.06. The maximum Gasteiger partial charge on any atom is 0.307 e. The number of halogens is 3. The molecule has 4 aliphatic rings. The van der Waals surface area contributed by atoms with E-state index >= 15 is 0 Å². The van der Waals surface area contributed by atoms with Gasteiger partial charge in [0, 0.05) is 31.2 Å². The van der Waals surface area contributed by atoms with Gasteiger partial charge in [0.25, 0.3) is 5.92 Å². The zero-order valence-corrected chi connectivity index (χ0v) is 35.4. The van der Waals surface area contributed by atoms with Crippen LogP contribution in [0.4, 0.5) is 13.2 Å². The summed E-state index contributed by atoms with van der Waals surface area (Å²) >= 11 is 0. The number of carbonyl (C=O) groups excluding carboxylic acids is 4. The van der Waals surface area contributed by atoms with Crippen LogP contribution in [-0.4, -0.2) is 90.1 Å². The number of hydrogen-bond acceptors (Lipinski definition) is 10. The van der Waals surface area contributed by atoms with Gasteiger partial charge in [-0.05, 0) is 88.5 Å². The summed E-state index contributed by atoms with van der Waals surface area (Å²) in [5, 5.41) is 1.43. The zero-order chi connectivity index (χ0) is 43.1. The molecule has 1 saturated heterocycles. The van der Waals surface area contributed by atoms with Gasteiger partial charge in [0.05, 0.1) is 36.9 Å². The molecule has 12 nitrogen and oxygen atoms in total. The number of amides is 2. The number of rotatable bonds is 12. The van der Waals surface area contributed by atoms with E-state index < -0.39 is 105 Å². The Morgan fingerprint density at radius 3 is 2.46 bits per heavy atom. The molecule has 0 radical (unpaired) electrons. The molecule has 2 aliphatic carbocycles. The molecule has 1 N–H and O–H groups in total. The summed E-state index contributed by atoms with van der Waals surface area (Å²) in [7, 11) is -4.39. The minimum atomic E-state index is -4.39. The number of aromatic nitrogens is 1. The van der Waals surface area contributed by atoms with Crippen LogP contribution in [0.2, 0.25) is 0 Å². The van der Waals surface area contributed by atoms with Crippen molar-refractivity contribution in [2.45, 2.75) is 128 Å². The molecule has 6 rings (SSSR count). The second kappa shape index (κ2) is 16.7. The largest absolute Gasteiger partial charge is 0.478 e. The third-order valence-electron chi connectivity index (χ3n) is 12.9. The fraction of sp³-hybridized carbons (Fsp3) is 0.651. The minimum Gasteiger partial charge on any atom is -0.478 e. The van der Waals surface area contributed by atoms with Crippen LogP contribution >= 0.6 is 0 Å². The smallest absolute Gasteiger partial charge is 0.307 e. The van der Waals surface area contributed by atoms with Crippen molar-refractivity contribution in [2.75, 3.05) is 19.8 Å². The van der Waals surface area contributed by atoms with Gasteiger partial charge < -0.3 is 19.1 Å². The number of sulfonamides is 1. The molecule has 324 valence electrons. The van der Waals surface area contributed by atoms with Gasteiger partial charge >= 0.3 is 5.97 Å². The Kier molecular flexibility index (Phi) is 12.5. The van der Waals surface area contributed by atoms with Gasteiger partial charge in [0.2, 0.25) is 33.6 Å². The standard InChI is InChI=1S/C43H56F3N3O9S/c1-7-56-35-19-28-13-9-11-15-31(28)37(47-35)57-30-20-33-34(50)23-43(39(53)48-59(54,55)42(25-44)16-17-42)22-29(43)14-10-8-12-26(2)18-27(3)32(38(52)49(33)24-30)21-36(51)58-40(4,5)41(6,45)46/h9-11,13-15,19,26-27,29-30,32-33H,7-8,12,16-18,20-25H2,1-6H3,(H,48,53)/b14-10-/t26-,27-,29-,30-,32+,33+,43-/m1/s1. The van der Waals surface area contributed by atoms with E-state index in [1.165, 1.54) is 4.90 Å². The van der Waals surface area contributed by atoms with Crippen LogP contribution in [0.15, 0.2) is 42.5 Å². The SMILES string of the molecule is CCOc1cc2ccccc2c(O[C@@H]2C[C@H]3C(=O)C[C@]4(C(=O)NS(=O)(=O)C5(CF)CC5)C[C@H]4/C=C\CC[C@@H](C)C[C@@H](C)[C@H](CC(=O)OC(C)(C)C(C)(F)F)C(=O)N3C2)n1. The number of alkyl halides is 3. The van der Waals surface area contributed by atoms with Gasteiger partial charge in [-0.15, -0.1) is 0 Å². The zero-order valence-electron chi connectivity index (χ0n) is 34.6. The van der Waals surface area contributed by atoms with E-state index in [1.807, 2.05) is 57.2 Å². The maximum absolute atomic E-state index is 14.9. The lowest BCUT2D eigenvalue weighted by Gasteiger charge is -2.34. The van der Waals surface area contributed by atoms with Gasteiger partial charge in [-0.25, -0.2) is 21.6 Å². The van der Waals surface area contributed by atoms with Crippen molar-refractivity contribution >= 4 is 44.4 Å². The first-order valence-electron chi connectivity index (χ1n) is 20.6. The average molecular weight is 848 g/mol. The Labute approximate surface area is 344 Å². The number of Topliss-reactive ketones (excluding diaryl/α,β-unsaturated/α-hetero) is 1. The second-order valence-corrected chi connectivity index (χ2v) is 19.8. The molecule has 3 fully saturated rings. The van der Waals surface area contributed by atoms with Crippen molar-refractivity contribution in [1.29, 1.82) is 0 Å². The number of ketones is 1. The Balaban J connectivity index is 1.36. The number of esters is 1. The number of nitrogens with one attached hydrogen (secondary N) is 1. The number of ether oxygens (including phenoxy) is 3. The molecule has 1 aromatic heterocycles. The van der Waals surface area contributed by atoms with E-state index in [4.69, 9.17) is 14.2 Å². The van der Waals surface area contributed by atoms with Crippen molar-refractivity contribution in [2.24, 2.45) is 29.1 Å². The molecule has 59 heavy (non-hydrogen) atoms. The summed E-state index contributed by atoms with van der Waals surface area (Å²) < 4.78 is 87.2. The van der Waals surface area contributed by atoms with Crippen LogP contribution < -0.4 is 14.2 Å². The van der Waals surface area contributed by atoms with E-state index in [-0.39, 0.29) is 44.0 Å². The van der Waals surface area contributed by atoms with E-state index in [0.29, 0.717) is 44.1 Å². The topological polar surface area (TPSA) is 158 Å². The van der Waals surface area contributed by atoms with Gasteiger partial charge in [-0.3, -0.25) is 23.9 Å². The van der Waals surface area contributed by atoms with Crippen LogP contribution in [0.1, 0.15) is 99.3 Å². The van der Waals surface area contributed by atoms with E-state index in [0.717, 1.165) is 19.2 Å². The molecular formula is C43H56F3N3O9S. The summed E-state index contributed by atoms with van der Waals surface area (Å²) in [5.41, 5.74) is -3.64. The van der Waals surface area contributed by atoms with Crippen molar-refractivity contribution in [1.82, 2.24) is 14.6 Å². The summed E-state index contributed by atoms with van der Waals surface area (Å²) in [4.78, 5) is 63.0. The summed E-state index contributed by atoms with van der Waals surface area (Å²) in [6, 6.07) is 7.93. The second-order valence-electron chi connectivity index (χ2n) is 17.8. The fourth-order valence-electron chi connectivity index (χ4n) is 8.45. The number of fused-ring (bicyclic) bond motifs is 3. The predicted octanol–water partition coefficient (Wildman–Crippen LogP) is 6.89. The summed E-state index contributed by atoms with van der Waals surface area (Å²) in [6.07, 6.45) is 3.99. The maximum atomic E-state index is 14.9. The molecule has 0 bridgehead atoms. The van der Waals surface area contributed by atoms with Crippen molar-refractivity contribution in [3.8, 4) is 11.8 Å². The molecule has 16 heteroatoms. The lowest BCUT2D eigenvalue weighted by Crippen LogP contribution is -2.49. The van der Waals surface area contributed by atoms with Crippen LogP contribution in [0.5, 0.6) is 11.8 Å². The predicted molar refractivity (Wildman–Crippen MR) is 213 cm³/mol. The lowest BCUT2D eigenvalue weighted by molar-refractivity contribution is -0.197. The highest BCUT2D eigenvalue weighted by molar-refractivity contribution is 7.91. The molecule has 0 unspecified atom stereocenters. The van der Waals surface area contributed by atoms with E-state index in [1.54, 1.807) is 6.07 Å². The number of carbonyl (C=O) groups is 4.